The van der Waals surface area contributed by atoms with Gasteiger partial charge in [-0.2, -0.15) is 0 Å². The Morgan fingerprint density at radius 3 is 2.43 bits per heavy atom. The first-order valence-corrected chi connectivity index (χ1v) is 9.53. The Hall–Kier alpha value is -3.41. The van der Waals surface area contributed by atoms with Gasteiger partial charge in [-0.15, -0.1) is 0 Å². The van der Waals surface area contributed by atoms with E-state index in [2.05, 4.69) is 20.6 Å². The van der Waals surface area contributed by atoms with Crippen molar-refractivity contribution in [2.75, 3.05) is 23.7 Å². The van der Waals surface area contributed by atoms with Crippen molar-refractivity contribution in [1.29, 1.82) is 0 Å². The van der Waals surface area contributed by atoms with Gasteiger partial charge in [-0.25, -0.2) is 9.97 Å². The average molecular weight is 373 g/mol. The number of aromatic nitrogens is 2. The Morgan fingerprint density at radius 2 is 1.68 bits per heavy atom. The van der Waals surface area contributed by atoms with Gasteiger partial charge in [-0.3, -0.25) is 4.79 Å². The maximum Gasteiger partial charge on any atom is 0.272 e. The highest BCUT2D eigenvalue weighted by molar-refractivity contribution is 5.93. The summed E-state index contributed by atoms with van der Waals surface area (Å²) in [6.45, 7) is 1.41. The molecule has 0 spiro atoms. The zero-order valence-corrected chi connectivity index (χ0v) is 15.6. The molecule has 6 nitrogen and oxygen atoms in total. The normalized spacial score (nSPS) is 16.4. The van der Waals surface area contributed by atoms with E-state index in [4.69, 9.17) is 0 Å². The molecular weight excluding hydrogens is 350 g/mol. The largest absolute Gasteiger partial charge is 0.381 e. The van der Waals surface area contributed by atoms with Crippen molar-refractivity contribution in [3.63, 3.8) is 0 Å². The Morgan fingerprint density at radius 1 is 0.964 bits per heavy atom. The van der Waals surface area contributed by atoms with Crippen LogP contribution in [0.5, 0.6) is 0 Å². The van der Waals surface area contributed by atoms with Gasteiger partial charge < -0.3 is 15.5 Å². The third kappa shape index (κ3) is 4.46. The molecule has 1 unspecified atom stereocenters. The van der Waals surface area contributed by atoms with Crippen LogP contribution >= 0.6 is 0 Å². The molecule has 0 radical (unpaired) electrons. The van der Waals surface area contributed by atoms with E-state index in [0.29, 0.717) is 18.1 Å². The summed E-state index contributed by atoms with van der Waals surface area (Å²) < 4.78 is 0. The van der Waals surface area contributed by atoms with Crippen LogP contribution in [0.25, 0.3) is 0 Å². The number of nitrogens with zero attached hydrogens (tertiary/aromatic N) is 3. The van der Waals surface area contributed by atoms with Crippen molar-refractivity contribution in [3.05, 3.63) is 78.8 Å². The lowest BCUT2D eigenvalue weighted by Crippen LogP contribution is -2.45. The molecule has 0 bridgehead atoms. The molecule has 1 atom stereocenters. The second kappa shape index (κ2) is 8.52. The number of hydrogen-bond acceptors (Lipinski definition) is 5. The number of rotatable bonds is 5. The summed E-state index contributed by atoms with van der Waals surface area (Å²) >= 11 is 0. The number of carbonyl (C=O) groups excluding carboxylic acids is 1. The predicted molar refractivity (Wildman–Crippen MR) is 111 cm³/mol. The lowest BCUT2D eigenvalue weighted by Gasteiger charge is -2.33. The third-order valence-corrected chi connectivity index (χ3v) is 4.79. The van der Waals surface area contributed by atoms with Gasteiger partial charge in [-0.05, 0) is 37.1 Å². The Kier molecular flexibility index (Phi) is 5.47. The van der Waals surface area contributed by atoms with Crippen LogP contribution < -0.4 is 10.6 Å². The van der Waals surface area contributed by atoms with Crippen LogP contribution in [-0.2, 0) is 0 Å². The minimum Gasteiger partial charge on any atom is -0.381 e. The highest BCUT2D eigenvalue weighted by Crippen LogP contribution is 2.19. The van der Waals surface area contributed by atoms with E-state index in [1.165, 1.54) is 6.33 Å². The number of likely N-dealkylation sites (tertiary alicyclic amines) is 1. The average Bonchev–Trinajstić information content (AvgIpc) is 2.75. The Balaban J connectivity index is 1.43. The first kappa shape index (κ1) is 18.0. The molecule has 1 aliphatic rings. The third-order valence-electron chi connectivity index (χ3n) is 4.79. The number of amides is 1. The molecule has 2 N–H and O–H groups in total. The molecule has 1 aromatic heterocycles. The lowest BCUT2D eigenvalue weighted by atomic mass is 10.0. The van der Waals surface area contributed by atoms with Crippen LogP contribution in [0, 0.1) is 0 Å². The molecule has 0 saturated carbocycles. The zero-order chi connectivity index (χ0) is 19.2. The number of anilines is 3. The summed E-state index contributed by atoms with van der Waals surface area (Å²) in [4.78, 5) is 23.3. The van der Waals surface area contributed by atoms with Crippen LogP contribution in [-0.4, -0.2) is 39.9 Å². The molecule has 4 rings (SSSR count). The first-order chi connectivity index (χ1) is 13.8. The molecule has 2 heterocycles. The van der Waals surface area contributed by atoms with Gasteiger partial charge in [-0.1, -0.05) is 36.4 Å². The number of carbonyl (C=O) groups is 1. The molecule has 1 aliphatic heterocycles. The van der Waals surface area contributed by atoms with Gasteiger partial charge in [0.1, 0.15) is 17.8 Å². The Bertz CT molecular complexity index is 916. The molecule has 0 aliphatic carbocycles. The SMILES string of the molecule is O=C(c1cc(Nc2ccccc2)ncn1)N1CCCC(Nc2ccccc2)C1. The van der Waals surface area contributed by atoms with Crippen LogP contribution in [0.1, 0.15) is 23.3 Å². The number of nitrogens with one attached hydrogen (secondary N) is 2. The van der Waals surface area contributed by atoms with Gasteiger partial charge in [0.25, 0.3) is 5.91 Å². The Labute approximate surface area is 164 Å². The first-order valence-electron chi connectivity index (χ1n) is 9.53. The van der Waals surface area contributed by atoms with Crippen LogP contribution in [0.15, 0.2) is 73.1 Å². The van der Waals surface area contributed by atoms with E-state index in [9.17, 15) is 4.79 Å². The van der Waals surface area contributed by atoms with E-state index in [1.54, 1.807) is 6.07 Å². The summed E-state index contributed by atoms with van der Waals surface area (Å²) in [6, 6.07) is 21.8. The standard InChI is InChI=1S/C22H23N5O/c28-22(20-14-21(24-16-23-20)26-18-10-5-2-6-11-18)27-13-7-12-19(15-27)25-17-8-3-1-4-9-17/h1-6,8-11,14,16,19,25H,7,12-13,15H2,(H,23,24,26). The van der Waals surface area contributed by atoms with Crippen molar-refractivity contribution in [2.24, 2.45) is 0 Å². The van der Waals surface area contributed by atoms with Crippen molar-refractivity contribution in [3.8, 4) is 0 Å². The second-order valence-electron chi connectivity index (χ2n) is 6.88. The highest BCUT2D eigenvalue weighted by Gasteiger charge is 2.25. The van der Waals surface area contributed by atoms with Crippen LogP contribution in [0.2, 0.25) is 0 Å². The molecule has 28 heavy (non-hydrogen) atoms. The molecule has 1 saturated heterocycles. The van der Waals surface area contributed by atoms with Gasteiger partial charge in [0.2, 0.25) is 0 Å². The van der Waals surface area contributed by atoms with Gasteiger partial charge in [0.15, 0.2) is 0 Å². The molecule has 2 aromatic carbocycles. The second-order valence-corrected chi connectivity index (χ2v) is 6.88. The van der Waals surface area contributed by atoms with Crippen LogP contribution in [0.3, 0.4) is 0 Å². The fourth-order valence-electron chi connectivity index (χ4n) is 3.42. The maximum atomic E-state index is 13.0. The molecule has 1 fully saturated rings. The highest BCUT2D eigenvalue weighted by atomic mass is 16.2. The summed E-state index contributed by atoms with van der Waals surface area (Å²) in [5, 5.41) is 6.73. The van der Waals surface area contributed by atoms with Gasteiger partial charge in [0, 0.05) is 36.6 Å². The number of para-hydroxylation sites is 2. The quantitative estimate of drug-likeness (QED) is 0.709. The molecule has 3 aromatic rings. The number of piperidine rings is 1. The van der Waals surface area contributed by atoms with E-state index in [-0.39, 0.29) is 11.9 Å². The lowest BCUT2D eigenvalue weighted by molar-refractivity contribution is 0.0708. The van der Waals surface area contributed by atoms with E-state index < -0.39 is 0 Å². The monoisotopic (exact) mass is 373 g/mol. The summed E-state index contributed by atoms with van der Waals surface area (Å²) in [5.74, 6) is 0.554. The predicted octanol–water partition coefficient (Wildman–Crippen LogP) is 3.94. The fraction of sp³-hybridized carbons (Fsp3) is 0.227. The molecular formula is C22H23N5O. The number of hydrogen-bond donors (Lipinski definition) is 2. The van der Waals surface area contributed by atoms with Gasteiger partial charge >= 0.3 is 0 Å². The van der Waals surface area contributed by atoms with Crippen molar-refractivity contribution < 1.29 is 4.79 Å². The summed E-state index contributed by atoms with van der Waals surface area (Å²) in [6.07, 6.45) is 3.45. The summed E-state index contributed by atoms with van der Waals surface area (Å²) in [5.41, 5.74) is 2.41. The maximum absolute atomic E-state index is 13.0. The minimum atomic E-state index is -0.0573. The van der Waals surface area contributed by atoms with Crippen molar-refractivity contribution >= 4 is 23.1 Å². The van der Waals surface area contributed by atoms with Gasteiger partial charge in [0.05, 0.1) is 0 Å². The van der Waals surface area contributed by atoms with E-state index >= 15 is 0 Å². The minimum absolute atomic E-state index is 0.0573. The smallest absolute Gasteiger partial charge is 0.272 e. The zero-order valence-electron chi connectivity index (χ0n) is 15.6. The topological polar surface area (TPSA) is 70.2 Å². The summed E-state index contributed by atoms with van der Waals surface area (Å²) in [7, 11) is 0. The van der Waals surface area contributed by atoms with E-state index in [1.807, 2.05) is 65.6 Å². The van der Waals surface area contributed by atoms with Crippen LogP contribution in [0.4, 0.5) is 17.2 Å². The van der Waals surface area contributed by atoms with Crippen molar-refractivity contribution in [1.82, 2.24) is 14.9 Å². The van der Waals surface area contributed by atoms with Crippen molar-refractivity contribution in [2.45, 2.75) is 18.9 Å². The fourth-order valence-corrected chi connectivity index (χ4v) is 3.42. The molecule has 142 valence electrons. The molecule has 6 heteroatoms. The molecule has 1 amide bonds. The number of benzene rings is 2. The van der Waals surface area contributed by atoms with E-state index in [0.717, 1.165) is 30.8 Å².